The monoisotopic (exact) mass is 285 g/mol. The zero-order chi connectivity index (χ0) is 14.8. The molecule has 1 aliphatic rings. The number of hydrogen-bond acceptors (Lipinski definition) is 5. The van der Waals surface area contributed by atoms with Crippen LogP contribution in [0.25, 0.3) is 0 Å². The molecule has 1 amide bonds. The van der Waals surface area contributed by atoms with Crippen molar-refractivity contribution < 1.29 is 4.79 Å². The molecule has 1 aliphatic carbocycles. The number of carbonyl (C=O) groups excluding carboxylic acids is 1. The normalized spacial score (nSPS) is 14.5. The van der Waals surface area contributed by atoms with Crippen LogP contribution in [0.2, 0.25) is 0 Å². The highest BCUT2D eigenvalue weighted by Gasteiger charge is 2.21. The number of amides is 1. The van der Waals surface area contributed by atoms with E-state index in [0.29, 0.717) is 5.82 Å². The van der Waals surface area contributed by atoms with Gasteiger partial charge < -0.3 is 5.32 Å². The summed E-state index contributed by atoms with van der Waals surface area (Å²) in [6, 6.07) is 0.881. The summed E-state index contributed by atoms with van der Waals surface area (Å²) in [4.78, 5) is 32.1. The van der Waals surface area contributed by atoms with E-state index in [1.54, 1.807) is 13.0 Å². The smallest absolute Gasteiger partial charge is 0.267 e. The quantitative estimate of drug-likeness (QED) is 0.897. The number of fused-ring (bicyclic) bond motifs is 1. The van der Waals surface area contributed by atoms with E-state index in [2.05, 4.69) is 20.4 Å². The van der Waals surface area contributed by atoms with E-state index in [1.807, 2.05) is 0 Å². The molecule has 7 heteroatoms. The molecular weight excluding hydrogens is 270 g/mol. The zero-order valence-corrected chi connectivity index (χ0v) is 11.6. The van der Waals surface area contributed by atoms with Gasteiger partial charge in [0.2, 0.25) is 5.91 Å². The van der Waals surface area contributed by atoms with Crippen LogP contribution in [0.5, 0.6) is 0 Å². The summed E-state index contributed by atoms with van der Waals surface area (Å²) < 4.78 is 1.23. The van der Waals surface area contributed by atoms with Gasteiger partial charge in [-0.05, 0) is 31.7 Å². The van der Waals surface area contributed by atoms with Gasteiger partial charge >= 0.3 is 0 Å². The highest BCUT2D eigenvalue weighted by molar-refractivity contribution is 5.92. The molecule has 0 radical (unpaired) electrons. The summed E-state index contributed by atoms with van der Waals surface area (Å²) in [5, 5.41) is 6.95. The van der Waals surface area contributed by atoms with Crippen molar-refractivity contribution in [3.63, 3.8) is 0 Å². The molecule has 0 saturated heterocycles. The number of aromatic nitrogens is 4. The van der Waals surface area contributed by atoms with E-state index in [0.717, 1.165) is 30.5 Å². The fourth-order valence-electron chi connectivity index (χ4n) is 2.40. The third kappa shape index (κ3) is 2.67. The van der Waals surface area contributed by atoms with Crippen molar-refractivity contribution in [3.8, 4) is 0 Å². The Morgan fingerprint density at radius 2 is 2.24 bits per heavy atom. The van der Waals surface area contributed by atoms with Gasteiger partial charge in [0.15, 0.2) is 5.82 Å². The molecule has 1 atom stereocenters. The predicted molar refractivity (Wildman–Crippen MR) is 75.9 cm³/mol. The summed E-state index contributed by atoms with van der Waals surface area (Å²) in [6.45, 7) is 1.64. The second-order valence-corrected chi connectivity index (χ2v) is 5.01. The topological polar surface area (TPSA) is 89.8 Å². The predicted octanol–water partition coefficient (Wildman–Crippen LogP) is 0.722. The van der Waals surface area contributed by atoms with Crippen LogP contribution in [0.15, 0.2) is 29.5 Å². The van der Waals surface area contributed by atoms with Crippen molar-refractivity contribution in [2.75, 3.05) is 5.32 Å². The third-order valence-corrected chi connectivity index (χ3v) is 3.54. The summed E-state index contributed by atoms with van der Waals surface area (Å²) in [5.74, 6) is 0.00612. The lowest BCUT2D eigenvalue weighted by atomic mass is 10.2. The largest absolute Gasteiger partial charge is 0.308 e. The molecule has 0 bridgehead atoms. The maximum absolute atomic E-state index is 12.2. The van der Waals surface area contributed by atoms with E-state index in [-0.39, 0.29) is 11.5 Å². The van der Waals surface area contributed by atoms with Crippen molar-refractivity contribution >= 4 is 11.7 Å². The lowest BCUT2D eigenvalue weighted by Gasteiger charge is -2.14. The average Bonchev–Trinajstić information content (AvgIpc) is 2.93. The van der Waals surface area contributed by atoms with E-state index in [9.17, 15) is 9.59 Å². The Morgan fingerprint density at radius 1 is 1.38 bits per heavy atom. The van der Waals surface area contributed by atoms with Gasteiger partial charge in [-0.1, -0.05) is 0 Å². The van der Waals surface area contributed by atoms with Gasteiger partial charge in [-0.25, -0.2) is 9.67 Å². The number of nitrogens with zero attached hydrogens (tertiary/aromatic N) is 4. The third-order valence-electron chi connectivity index (χ3n) is 3.54. The van der Waals surface area contributed by atoms with Crippen molar-refractivity contribution in [2.45, 2.75) is 32.2 Å². The fraction of sp³-hybridized carbons (Fsp3) is 0.357. The molecule has 0 saturated carbocycles. The molecule has 0 aromatic carbocycles. The van der Waals surface area contributed by atoms with Gasteiger partial charge in [0.1, 0.15) is 6.04 Å². The molecule has 2 aromatic heterocycles. The van der Waals surface area contributed by atoms with Gasteiger partial charge in [-0.3, -0.25) is 14.6 Å². The minimum Gasteiger partial charge on any atom is -0.308 e. The summed E-state index contributed by atoms with van der Waals surface area (Å²) in [7, 11) is 0. The maximum atomic E-state index is 12.2. The lowest BCUT2D eigenvalue weighted by molar-refractivity contribution is -0.119. The van der Waals surface area contributed by atoms with E-state index in [1.165, 1.54) is 23.3 Å². The molecule has 2 heterocycles. The first-order valence-corrected chi connectivity index (χ1v) is 6.83. The number of carbonyl (C=O) groups is 1. The molecule has 0 fully saturated rings. The Morgan fingerprint density at radius 3 is 3.00 bits per heavy atom. The zero-order valence-electron chi connectivity index (χ0n) is 11.6. The summed E-state index contributed by atoms with van der Waals surface area (Å²) in [6.07, 6.45) is 7.20. The first kappa shape index (κ1) is 13.4. The van der Waals surface area contributed by atoms with Gasteiger partial charge in [-0.15, -0.1) is 0 Å². The molecule has 1 N–H and O–H groups in total. The second kappa shape index (κ2) is 5.43. The second-order valence-electron chi connectivity index (χ2n) is 5.01. The summed E-state index contributed by atoms with van der Waals surface area (Å²) >= 11 is 0. The summed E-state index contributed by atoms with van der Waals surface area (Å²) in [5.41, 5.74) is 1.66. The molecule has 1 unspecified atom stereocenters. The highest BCUT2D eigenvalue weighted by atomic mass is 16.2. The van der Waals surface area contributed by atoms with Crippen molar-refractivity contribution in [1.82, 2.24) is 19.7 Å². The maximum Gasteiger partial charge on any atom is 0.267 e. The number of nitrogens with one attached hydrogen (secondary N) is 1. The van der Waals surface area contributed by atoms with Gasteiger partial charge in [-0.2, -0.15) is 5.10 Å². The highest BCUT2D eigenvalue weighted by Crippen LogP contribution is 2.18. The molecule has 0 spiro atoms. The Hall–Kier alpha value is -2.57. The van der Waals surface area contributed by atoms with Gasteiger partial charge in [0.05, 0.1) is 11.9 Å². The number of rotatable bonds is 3. The lowest BCUT2D eigenvalue weighted by Crippen LogP contribution is -2.34. The van der Waals surface area contributed by atoms with Crippen LogP contribution in [-0.2, 0) is 17.6 Å². The average molecular weight is 285 g/mol. The Kier molecular flexibility index (Phi) is 3.47. The van der Waals surface area contributed by atoms with Gasteiger partial charge in [0.25, 0.3) is 5.56 Å². The minimum atomic E-state index is -0.703. The number of anilines is 1. The van der Waals surface area contributed by atoms with Crippen molar-refractivity contribution in [3.05, 3.63) is 46.3 Å². The molecule has 108 valence electrons. The fourth-order valence-corrected chi connectivity index (χ4v) is 2.40. The SMILES string of the molecule is CC(C(=O)Nc1cnccn1)n1nc2c(cc1=O)CCC2. The Balaban J connectivity index is 1.83. The van der Waals surface area contributed by atoms with E-state index >= 15 is 0 Å². The molecule has 21 heavy (non-hydrogen) atoms. The van der Waals surface area contributed by atoms with Crippen LogP contribution in [-0.4, -0.2) is 25.7 Å². The standard InChI is InChI=1S/C14H15N5O2/c1-9(14(21)17-12-8-15-5-6-16-12)19-13(20)7-10-3-2-4-11(10)18-19/h5-9H,2-4H2,1H3,(H,16,17,21). The van der Waals surface area contributed by atoms with Crippen molar-refractivity contribution in [1.29, 1.82) is 0 Å². The molecule has 2 aromatic rings. The number of aryl methyl sites for hydroxylation is 2. The molecule has 7 nitrogen and oxygen atoms in total. The van der Waals surface area contributed by atoms with E-state index < -0.39 is 6.04 Å². The molecular formula is C14H15N5O2. The minimum absolute atomic E-state index is 0.252. The van der Waals surface area contributed by atoms with Crippen LogP contribution in [0.1, 0.15) is 30.6 Å². The first-order valence-electron chi connectivity index (χ1n) is 6.83. The van der Waals surface area contributed by atoms with E-state index in [4.69, 9.17) is 0 Å². The first-order chi connectivity index (χ1) is 10.1. The van der Waals surface area contributed by atoms with Crippen LogP contribution in [0.4, 0.5) is 5.82 Å². The van der Waals surface area contributed by atoms with Crippen LogP contribution >= 0.6 is 0 Å². The van der Waals surface area contributed by atoms with Gasteiger partial charge in [0, 0.05) is 18.5 Å². The Bertz CT molecular complexity index is 726. The van der Waals surface area contributed by atoms with Crippen molar-refractivity contribution in [2.24, 2.45) is 0 Å². The van der Waals surface area contributed by atoms with Crippen LogP contribution in [0.3, 0.4) is 0 Å². The van der Waals surface area contributed by atoms with Crippen LogP contribution in [0, 0.1) is 0 Å². The Labute approximate surface area is 121 Å². The van der Waals surface area contributed by atoms with Crippen LogP contribution < -0.4 is 10.9 Å². The number of hydrogen-bond donors (Lipinski definition) is 1. The molecule has 0 aliphatic heterocycles. The molecule has 3 rings (SSSR count).